The van der Waals surface area contributed by atoms with Crippen LogP contribution in [0.4, 0.5) is 0 Å². The number of ether oxygens (including phenoxy) is 1. The molecule has 0 spiro atoms. The van der Waals surface area contributed by atoms with Gasteiger partial charge in [-0.1, -0.05) is 42.5 Å². The van der Waals surface area contributed by atoms with Crippen LogP contribution >= 0.6 is 0 Å². The molecular weight excluding hydrogens is 302 g/mol. The van der Waals surface area contributed by atoms with Gasteiger partial charge >= 0.3 is 0 Å². The van der Waals surface area contributed by atoms with E-state index in [4.69, 9.17) is 4.74 Å². The van der Waals surface area contributed by atoms with E-state index in [1.807, 2.05) is 42.5 Å². The predicted octanol–water partition coefficient (Wildman–Crippen LogP) is 3.41. The third kappa shape index (κ3) is 3.43. The van der Waals surface area contributed by atoms with Gasteiger partial charge < -0.3 is 9.30 Å². The first-order valence-electron chi connectivity index (χ1n) is 7.60. The van der Waals surface area contributed by atoms with Crippen LogP contribution in [0.15, 0.2) is 77.7 Å². The van der Waals surface area contributed by atoms with Crippen molar-refractivity contribution in [3.05, 3.63) is 88.8 Å². The lowest BCUT2D eigenvalue weighted by molar-refractivity contribution is 0.0971. The molecule has 120 valence electrons. The van der Waals surface area contributed by atoms with Crippen molar-refractivity contribution in [2.24, 2.45) is 0 Å². The Morgan fingerprint density at radius 3 is 2.25 bits per heavy atom. The van der Waals surface area contributed by atoms with E-state index in [-0.39, 0.29) is 17.9 Å². The van der Waals surface area contributed by atoms with Gasteiger partial charge in [-0.3, -0.25) is 9.59 Å². The molecule has 0 fully saturated rings. The summed E-state index contributed by atoms with van der Waals surface area (Å²) in [4.78, 5) is 24.4. The fraction of sp³-hybridized carbons (Fsp3) is 0.100. The topological polar surface area (TPSA) is 48.3 Å². The van der Waals surface area contributed by atoms with Gasteiger partial charge in [-0.2, -0.15) is 0 Å². The molecule has 3 rings (SSSR count). The van der Waals surface area contributed by atoms with Gasteiger partial charge in [-0.05, 0) is 29.3 Å². The van der Waals surface area contributed by atoms with Gasteiger partial charge in [0.1, 0.15) is 5.75 Å². The maximum absolute atomic E-state index is 12.3. The Labute approximate surface area is 140 Å². The van der Waals surface area contributed by atoms with Gasteiger partial charge in [-0.15, -0.1) is 0 Å². The van der Waals surface area contributed by atoms with Crippen molar-refractivity contribution in [2.45, 2.75) is 6.54 Å². The number of carbonyl (C=O) groups excluding carboxylic acids is 1. The summed E-state index contributed by atoms with van der Waals surface area (Å²) in [6.07, 6.45) is 1.71. The number of hydrogen-bond acceptors (Lipinski definition) is 3. The third-order valence-electron chi connectivity index (χ3n) is 3.82. The summed E-state index contributed by atoms with van der Waals surface area (Å²) in [7, 11) is 1.62. The molecule has 0 saturated carbocycles. The van der Waals surface area contributed by atoms with Crippen molar-refractivity contribution in [1.29, 1.82) is 0 Å². The predicted molar refractivity (Wildman–Crippen MR) is 93.5 cm³/mol. The monoisotopic (exact) mass is 319 g/mol. The molecule has 0 unspecified atom stereocenters. The van der Waals surface area contributed by atoms with Crippen LogP contribution in [0.2, 0.25) is 0 Å². The number of rotatable bonds is 5. The SMILES string of the molecule is COc1ccc(-c2ccc(=O)n(CC(=O)c3ccccc3)c2)cc1. The molecule has 0 aliphatic carbocycles. The molecule has 0 atom stereocenters. The molecule has 0 aliphatic rings. The van der Waals surface area contributed by atoms with Crippen LogP contribution < -0.4 is 10.3 Å². The van der Waals surface area contributed by atoms with Gasteiger partial charge in [0.15, 0.2) is 5.78 Å². The summed E-state index contributed by atoms with van der Waals surface area (Å²) < 4.78 is 6.59. The highest BCUT2D eigenvalue weighted by atomic mass is 16.5. The third-order valence-corrected chi connectivity index (χ3v) is 3.82. The number of nitrogens with zero attached hydrogens (tertiary/aromatic N) is 1. The fourth-order valence-electron chi connectivity index (χ4n) is 2.48. The highest BCUT2D eigenvalue weighted by Crippen LogP contribution is 2.21. The number of hydrogen-bond donors (Lipinski definition) is 0. The molecule has 1 aromatic heterocycles. The van der Waals surface area contributed by atoms with Gasteiger partial charge in [0.2, 0.25) is 0 Å². The molecule has 4 heteroatoms. The highest BCUT2D eigenvalue weighted by molar-refractivity contribution is 5.95. The van der Waals surface area contributed by atoms with Crippen molar-refractivity contribution in [3.8, 4) is 16.9 Å². The summed E-state index contributed by atoms with van der Waals surface area (Å²) >= 11 is 0. The second kappa shape index (κ2) is 6.96. The molecule has 24 heavy (non-hydrogen) atoms. The van der Waals surface area contributed by atoms with Crippen molar-refractivity contribution >= 4 is 5.78 Å². The van der Waals surface area contributed by atoms with Gasteiger partial charge in [0.25, 0.3) is 5.56 Å². The number of carbonyl (C=O) groups is 1. The number of aromatic nitrogens is 1. The molecule has 0 aliphatic heterocycles. The van der Waals surface area contributed by atoms with E-state index in [0.717, 1.165) is 16.9 Å². The molecule has 0 saturated heterocycles. The van der Waals surface area contributed by atoms with Crippen molar-refractivity contribution in [1.82, 2.24) is 4.57 Å². The zero-order chi connectivity index (χ0) is 16.9. The Morgan fingerprint density at radius 2 is 1.58 bits per heavy atom. The van der Waals surface area contributed by atoms with Crippen LogP contribution in [0.3, 0.4) is 0 Å². The summed E-state index contributed by atoms with van der Waals surface area (Å²) in [5, 5.41) is 0. The first-order valence-corrected chi connectivity index (χ1v) is 7.60. The van der Waals surface area contributed by atoms with E-state index < -0.39 is 0 Å². The second-order valence-corrected chi connectivity index (χ2v) is 5.40. The van der Waals surface area contributed by atoms with Crippen LogP contribution in [0.1, 0.15) is 10.4 Å². The Hall–Kier alpha value is -3.14. The first-order chi connectivity index (χ1) is 11.7. The number of methoxy groups -OCH3 is 1. The minimum atomic E-state index is -0.198. The van der Waals surface area contributed by atoms with E-state index >= 15 is 0 Å². The second-order valence-electron chi connectivity index (χ2n) is 5.40. The quantitative estimate of drug-likeness (QED) is 0.677. The molecule has 2 aromatic carbocycles. The zero-order valence-corrected chi connectivity index (χ0v) is 13.3. The summed E-state index contributed by atoms with van der Waals surface area (Å²) in [6, 6.07) is 19.8. The number of Topliss-reactive ketones (excluding diaryl/α,β-unsaturated/α-hetero) is 1. The van der Waals surface area contributed by atoms with Crippen LogP contribution in [0.5, 0.6) is 5.75 Å². The van der Waals surface area contributed by atoms with Gasteiger partial charge in [0, 0.05) is 17.8 Å². The Kier molecular flexibility index (Phi) is 4.57. The Morgan fingerprint density at radius 1 is 0.917 bits per heavy atom. The molecular formula is C20H17NO3. The smallest absolute Gasteiger partial charge is 0.250 e. The summed E-state index contributed by atoms with van der Waals surface area (Å²) in [5.41, 5.74) is 2.23. The molecule has 0 N–H and O–H groups in total. The zero-order valence-electron chi connectivity index (χ0n) is 13.3. The van der Waals surface area contributed by atoms with Crippen molar-refractivity contribution in [2.75, 3.05) is 7.11 Å². The van der Waals surface area contributed by atoms with E-state index in [2.05, 4.69) is 0 Å². The Bertz CT molecular complexity index is 896. The van der Waals surface area contributed by atoms with Crippen LogP contribution in [0, 0.1) is 0 Å². The Balaban J connectivity index is 1.88. The summed E-state index contributed by atoms with van der Waals surface area (Å²) in [5.74, 6) is 0.677. The lowest BCUT2D eigenvalue weighted by atomic mass is 10.1. The van der Waals surface area contributed by atoms with Gasteiger partial charge in [-0.25, -0.2) is 0 Å². The van der Waals surface area contributed by atoms with E-state index in [1.54, 1.807) is 31.5 Å². The average Bonchev–Trinajstić information content (AvgIpc) is 2.64. The molecule has 1 heterocycles. The normalized spacial score (nSPS) is 10.4. The van der Waals surface area contributed by atoms with Crippen LogP contribution in [-0.2, 0) is 6.54 Å². The summed E-state index contributed by atoms with van der Waals surface area (Å²) in [6.45, 7) is 0.0207. The molecule has 4 nitrogen and oxygen atoms in total. The van der Waals surface area contributed by atoms with E-state index in [9.17, 15) is 9.59 Å². The fourth-order valence-corrected chi connectivity index (χ4v) is 2.48. The molecule has 0 bridgehead atoms. The van der Waals surface area contributed by atoms with Crippen LogP contribution in [-0.4, -0.2) is 17.5 Å². The van der Waals surface area contributed by atoms with Crippen LogP contribution in [0.25, 0.3) is 11.1 Å². The molecule has 0 radical (unpaired) electrons. The minimum Gasteiger partial charge on any atom is -0.497 e. The van der Waals surface area contributed by atoms with Crippen molar-refractivity contribution < 1.29 is 9.53 Å². The van der Waals surface area contributed by atoms with E-state index in [0.29, 0.717) is 5.56 Å². The number of ketones is 1. The molecule has 3 aromatic rings. The first kappa shape index (κ1) is 15.7. The maximum Gasteiger partial charge on any atom is 0.250 e. The number of pyridine rings is 1. The van der Waals surface area contributed by atoms with Gasteiger partial charge in [0.05, 0.1) is 13.7 Å². The maximum atomic E-state index is 12.3. The molecule has 0 amide bonds. The largest absolute Gasteiger partial charge is 0.497 e. The lowest BCUT2D eigenvalue weighted by Gasteiger charge is -2.09. The minimum absolute atomic E-state index is 0.0207. The van der Waals surface area contributed by atoms with E-state index in [1.165, 1.54) is 10.6 Å². The highest BCUT2D eigenvalue weighted by Gasteiger charge is 2.08. The standard InChI is InChI=1S/C20H17NO3/c1-24-18-10-7-15(8-11-18)17-9-12-20(23)21(13-17)14-19(22)16-5-3-2-4-6-16/h2-13H,14H2,1H3. The lowest BCUT2D eigenvalue weighted by Crippen LogP contribution is -2.23. The average molecular weight is 319 g/mol. The van der Waals surface area contributed by atoms with Crippen molar-refractivity contribution in [3.63, 3.8) is 0 Å². The number of benzene rings is 2.